The van der Waals surface area contributed by atoms with Crippen LogP contribution in [-0.2, 0) is 6.54 Å². The number of anilines is 1. The highest BCUT2D eigenvalue weighted by Gasteiger charge is 2.28. The second-order valence-corrected chi connectivity index (χ2v) is 10.2. The van der Waals surface area contributed by atoms with Gasteiger partial charge in [0, 0.05) is 41.1 Å². The van der Waals surface area contributed by atoms with Gasteiger partial charge >= 0.3 is 0 Å². The maximum Gasteiger partial charge on any atom is 0.251 e. The molecule has 194 valence electrons. The lowest BCUT2D eigenvalue weighted by molar-refractivity contribution is 0.0950. The Labute approximate surface area is 217 Å². The molecule has 0 unspecified atom stereocenters. The summed E-state index contributed by atoms with van der Waals surface area (Å²) < 4.78 is 5.39. The van der Waals surface area contributed by atoms with Crippen molar-refractivity contribution in [2.75, 3.05) is 32.6 Å². The van der Waals surface area contributed by atoms with Crippen molar-refractivity contribution in [3.05, 3.63) is 56.3 Å². The number of nitrogens with zero attached hydrogens (tertiary/aromatic N) is 2. The van der Waals surface area contributed by atoms with E-state index in [1.807, 2.05) is 13.0 Å². The van der Waals surface area contributed by atoms with E-state index in [-0.39, 0.29) is 17.9 Å². The first-order chi connectivity index (χ1) is 17.2. The fraction of sp³-hybridized carbons (Fsp3) is 0.481. The number of benzene rings is 1. The molecule has 36 heavy (non-hydrogen) atoms. The fourth-order valence-electron chi connectivity index (χ4n) is 5.42. The second-order valence-electron chi connectivity index (χ2n) is 9.72. The number of amides is 1. The van der Waals surface area contributed by atoms with Gasteiger partial charge in [-0.25, -0.2) is 0 Å². The van der Waals surface area contributed by atoms with Gasteiger partial charge in [0.05, 0.1) is 24.7 Å². The molecule has 0 atom stereocenters. The number of halogens is 1. The zero-order chi connectivity index (χ0) is 26.0. The van der Waals surface area contributed by atoms with Crippen LogP contribution in [0.3, 0.4) is 0 Å². The first-order valence-electron chi connectivity index (χ1n) is 12.5. The molecule has 8 nitrogen and oxygen atoms in total. The lowest BCUT2D eigenvalue weighted by Crippen LogP contribution is -2.42. The summed E-state index contributed by atoms with van der Waals surface area (Å²) in [6, 6.07) is 6.46. The first-order valence-corrected chi connectivity index (χ1v) is 12.9. The van der Waals surface area contributed by atoms with Crippen molar-refractivity contribution in [2.24, 2.45) is 0 Å². The molecule has 0 spiro atoms. The van der Waals surface area contributed by atoms with Crippen molar-refractivity contribution >= 4 is 34.2 Å². The van der Waals surface area contributed by atoms with Gasteiger partial charge in [-0.15, -0.1) is 0 Å². The smallest absolute Gasteiger partial charge is 0.251 e. The zero-order valence-corrected chi connectivity index (χ0v) is 22.5. The van der Waals surface area contributed by atoms with Crippen molar-refractivity contribution in [2.45, 2.75) is 58.2 Å². The molecular weight excluding hydrogens is 478 g/mol. The number of methoxy groups -OCH3 is 1. The SMILES string of the molecule is CCN(c1cc(Cl)cc(C(=O)NCc2c(OC)[nH]c3cc[nH]c3c2=O)c1C)[C@H]1CC[C@H](N(C)C)CC1. The largest absolute Gasteiger partial charge is 0.482 e. The van der Waals surface area contributed by atoms with E-state index in [1.165, 1.54) is 7.11 Å². The van der Waals surface area contributed by atoms with Gasteiger partial charge in [0.1, 0.15) is 5.52 Å². The summed E-state index contributed by atoms with van der Waals surface area (Å²) in [7, 11) is 5.79. The average molecular weight is 514 g/mol. The molecule has 0 saturated heterocycles. The highest BCUT2D eigenvalue weighted by molar-refractivity contribution is 6.31. The van der Waals surface area contributed by atoms with Crippen LogP contribution in [0.1, 0.15) is 54.1 Å². The Morgan fingerprint density at radius 3 is 2.53 bits per heavy atom. The first kappa shape index (κ1) is 26.1. The van der Waals surface area contributed by atoms with Crippen LogP contribution in [0.4, 0.5) is 5.69 Å². The second kappa shape index (κ2) is 11.0. The number of carbonyl (C=O) groups is 1. The molecule has 2 heterocycles. The molecule has 1 aliphatic carbocycles. The molecule has 0 aliphatic heterocycles. The Hall–Kier alpha value is -2.97. The summed E-state index contributed by atoms with van der Waals surface area (Å²) in [6.07, 6.45) is 6.21. The Balaban J connectivity index is 1.57. The summed E-state index contributed by atoms with van der Waals surface area (Å²) in [6.45, 7) is 4.97. The number of aromatic amines is 2. The minimum atomic E-state index is -0.281. The maximum absolute atomic E-state index is 13.3. The van der Waals surface area contributed by atoms with Crippen LogP contribution < -0.4 is 20.4 Å². The highest BCUT2D eigenvalue weighted by atomic mass is 35.5. The summed E-state index contributed by atoms with van der Waals surface area (Å²) >= 11 is 6.52. The topological polar surface area (TPSA) is 93.5 Å². The third-order valence-corrected chi connectivity index (χ3v) is 7.70. The standard InChI is InChI=1S/C27H36ClN5O3/c1-6-33(19-9-7-18(8-10-19)32(3)4)23-14-17(28)13-20(16(23)2)26(35)30-15-21-25(34)24-22(11-12-29-24)31-27(21)36-5/h11-14,18-19,29H,6-10,15H2,1-5H3,(H,30,35)(H,31,34)/t18-,19-. The molecule has 1 aliphatic rings. The predicted molar refractivity (Wildman–Crippen MR) is 146 cm³/mol. The lowest BCUT2D eigenvalue weighted by atomic mass is 9.89. The number of hydrogen-bond acceptors (Lipinski definition) is 5. The van der Waals surface area contributed by atoms with E-state index in [4.69, 9.17) is 16.3 Å². The number of ether oxygens (including phenoxy) is 1. The maximum atomic E-state index is 13.3. The van der Waals surface area contributed by atoms with Crippen LogP contribution in [0.15, 0.2) is 29.2 Å². The van der Waals surface area contributed by atoms with Gasteiger partial charge < -0.3 is 29.8 Å². The van der Waals surface area contributed by atoms with Gasteiger partial charge in [-0.05, 0) is 77.4 Å². The van der Waals surface area contributed by atoms with Crippen molar-refractivity contribution in [1.29, 1.82) is 0 Å². The number of pyridine rings is 1. The number of H-pyrrole nitrogens is 2. The zero-order valence-electron chi connectivity index (χ0n) is 21.7. The van der Waals surface area contributed by atoms with E-state index >= 15 is 0 Å². The summed E-state index contributed by atoms with van der Waals surface area (Å²) in [5.74, 6) is 0.0537. The van der Waals surface area contributed by atoms with Gasteiger partial charge in [0.15, 0.2) is 5.88 Å². The van der Waals surface area contributed by atoms with E-state index in [9.17, 15) is 9.59 Å². The monoisotopic (exact) mass is 513 g/mol. The number of aromatic nitrogens is 2. The summed E-state index contributed by atoms with van der Waals surface area (Å²) in [4.78, 5) is 37.0. The molecule has 3 N–H and O–H groups in total. The van der Waals surface area contributed by atoms with Crippen LogP contribution >= 0.6 is 11.6 Å². The molecule has 2 aromatic heterocycles. The Morgan fingerprint density at radius 2 is 1.89 bits per heavy atom. The minimum absolute atomic E-state index is 0.0274. The van der Waals surface area contributed by atoms with Crippen LogP contribution in [0.5, 0.6) is 5.88 Å². The molecule has 9 heteroatoms. The van der Waals surface area contributed by atoms with Gasteiger partial charge in [-0.2, -0.15) is 0 Å². The number of carbonyl (C=O) groups excluding carboxylic acids is 1. The molecule has 0 bridgehead atoms. The Kier molecular flexibility index (Phi) is 7.95. The molecular formula is C27H36ClN5O3. The molecule has 4 rings (SSSR count). The van der Waals surface area contributed by atoms with Crippen LogP contribution in [0.2, 0.25) is 5.02 Å². The molecule has 1 fully saturated rings. The van der Waals surface area contributed by atoms with E-state index in [0.717, 1.165) is 43.5 Å². The van der Waals surface area contributed by atoms with Gasteiger partial charge in [-0.3, -0.25) is 9.59 Å². The normalized spacial score (nSPS) is 18.0. The minimum Gasteiger partial charge on any atom is -0.482 e. The lowest BCUT2D eigenvalue weighted by Gasteiger charge is -2.40. The van der Waals surface area contributed by atoms with Crippen molar-refractivity contribution in [3.8, 4) is 5.88 Å². The van der Waals surface area contributed by atoms with Crippen molar-refractivity contribution in [1.82, 2.24) is 20.2 Å². The van der Waals surface area contributed by atoms with Crippen LogP contribution in [0, 0.1) is 6.92 Å². The molecule has 1 saturated carbocycles. The summed E-state index contributed by atoms with van der Waals surface area (Å²) in [5, 5.41) is 3.42. The fourth-order valence-corrected chi connectivity index (χ4v) is 5.63. The van der Waals surface area contributed by atoms with Crippen LogP contribution in [0.25, 0.3) is 11.0 Å². The third-order valence-electron chi connectivity index (χ3n) is 7.48. The third kappa shape index (κ3) is 5.11. The molecule has 3 aromatic rings. The van der Waals surface area contributed by atoms with E-state index < -0.39 is 0 Å². The molecule has 1 amide bonds. The Morgan fingerprint density at radius 1 is 1.19 bits per heavy atom. The quantitative estimate of drug-likeness (QED) is 0.413. The summed E-state index contributed by atoms with van der Waals surface area (Å²) in [5.41, 5.74) is 3.63. The van der Waals surface area contributed by atoms with Gasteiger partial charge in [0.2, 0.25) is 5.43 Å². The van der Waals surface area contributed by atoms with Crippen molar-refractivity contribution < 1.29 is 9.53 Å². The number of hydrogen-bond donors (Lipinski definition) is 3. The predicted octanol–water partition coefficient (Wildman–Crippen LogP) is 4.46. The van der Waals surface area contributed by atoms with Gasteiger partial charge in [-0.1, -0.05) is 11.6 Å². The number of fused-ring (bicyclic) bond motifs is 1. The van der Waals surface area contributed by atoms with E-state index in [2.05, 4.69) is 46.1 Å². The van der Waals surface area contributed by atoms with E-state index in [0.29, 0.717) is 45.1 Å². The molecule has 1 aromatic carbocycles. The number of nitrogens with one attached hydrogen (secondary N) is 3. The van der Waals surface area contributed by atoms with E-state index in [1.54, 1.807) is 18.3 Å². The van der Waals surface area contributed by atoms with Crippen LogP contribution in [-0.4, -0.2) is 60.6 Å². The Bertz CT molecular complexity index is 1290. The van der Waals surface area contributed by atoms with Gasteiger partial charge in [0.25, 0.3) is 5.91 Å². The number of rotatable bonds is 8. The molecule has 0 radical (unpaired) electrons. The average Bonchev–Trinajstić information content (AvgIpc) is 3.34. The highest BCUT2D eigenvalue weighted by Crippen LogP contribution is 2.34. The van der Waals surface area contributed by atoms with Crippen molar-refractivity contribution in [3.63, 3.8) is 0 Å².